The second-order valence-electron chi connectivity index (χ2n) is 3.32. The Morgan fingerprint density at radius 3 is 2.75 bits per heavy atom. The van der Waals surface area contributed by atoms with E-state index < -0.39 is 6.61 Å². The van der Waals surface area contributed by atoms with Gasteiger partial charge in [-0.25, -0.2) is 4.79 Å². The molecule has 0 spiro atoms. The van der Waals surface area contributed by atoms with Crippen molar-refractivity contribution in [3.05, 3.63) is 29.8 Å². The van der Waals surface area contributed by atoms with E-state index in [1.54, 1.807) is 18.2 Å². The summed E-state index contributed by atoms with van der Waals surface area (Å²) in [7, 11) is 0. The van der Waals surface area contributed by atoms with Gasteiger partial charge in [-0.1, -0.05) is 18.2 Å². The van der Waals surface area contributed by atoms with Crippen molar-refractivity contribution in [2.45, 2.75) is 12.7 Å². The number of nitrogens with one attached hydrogen (secondary N) is 2. The third-order valence-corrected chi connectivity index (χ3v) is 2.28. The zero-order chi connectivity index (χ0) is 11.5. The van der Waals surface area contributed by atoms with E-state index >= 15 is 0 Å². The van der Waals surface area contributed by atoms with Crippen molar-refractivity contribution in [2.75, 3.05) is 6.54 Å². The summed E-state index contributed by atoms with van der Waals surface area (Å²) in [5.74, 6) is 0.0894. The first-order chi connectivity index (χ1) is 7.66. The van der Waals surface area contributed by atoms with E-state index in [0.717, 1.165) is 0 Å². The lowest BCUT2D eigenvalue weighted by Crippen LogP contribution is -2.22. The summed E-state index contributed by atoms with van der Waals surface area (Å²) in [6.45, 7) is -2.51. The highest BCUT2D eigenvalue weighted by Crippen LogP contribution is 2.27. The second kappa shape index (κ2) is 4.34. The summed E-state index contributed by atoms with van der Waals surface area (Å²) in [5.41, 5.74) is 0.543. The van der Waals surface area contributed by atoms with Gasteiger partial charge >= 0.3 is 12.6 Å². The Morgan fingerprint density at radius 2 is 2.12 bits per heavy atom. The summed E-state index contributed by atoms with van der Waals surface area (Å²) in [4.78, 5) is 10.9. The lowest BCUT2D eigenvalue weighted by molar-refractivity contribution is -0.0506. The van der Waals surface area contributed by atoms with Crippen LogP contribution in [0.5, 0.6) is 5.75 Å². The molecule has 0 saturated carbocycles. The predicted molar refractivity (Wildman–Crippen MR) is 52.3 cm³/mol. The van der Waals surface area contributed by atoms with Crippen molar-refractivity contribution >= 4 is 6.03 Å². The van der Waals surface area contributed by atoms with Gasteiger partial charge in [0.2, 0.25) is 0 Å². The van der Waals surface area contributed by atoms with Gasteiger partial charge in [0.05, 0.1) is 6.04 Å². The monoisotopic (exact) mass is 228 g/mol. The first-order valence-electron chi connectivity index (χ1n) is 4.75. The fraction of sp³-hybridized carbons (Fsp3) is 0.300. The Bertz CT molecular complexity index is 398. The maximum atomic E-state index is 12.1. The minimum absolute atomic E-state index is 0.0894. The number of carbonyl (C=O) groups is 1. The molecule has 1 fully saturated rings. The van der Waals surface area contributed by atoms with Crippen molar-refractivity contribution < 1.29 is 18.3 Å². The van der Waals surface area contributed by atoms with E-state index in [-0.39, 0.29) is 17.8 Å². The number of hydrogen-bond donors (Lipinski definition) is 2. The smallest absolute Gasteiger partial charge is 0.387 e. The number of hydrogen-bond acceptors (Lipinski definition) is 2. The van der Waals surface area contributed by atoms with Crippen LogP contribution in [0.1, 0.15) is 11.6 Å². The molecule has 4 nitrogen and oxygen atoms in total. The van der Waals surface area contributed by atoms with Crippen molar-refractivity contribution in [3.8, 4) is 5.75 Å². The molecule has 0 aromatic heterocycles. The predicted octanol–water partition coefficient (Wildman–Crippen LogP) is 1.64. The molecule has 86 valence electrons. The van der Waals surface area contributed by atoms with E-state index in [1.807, 2.05) is 0 Å². The molecular formula is C10H10F2N2O2. The maximum Gasteiger partial charge on any atom is 0.387 e. The molecule has 1 heterocycles. The Morgan fingerprint density at radius 1 is 1.38 bits per heavy atom. The Kier molecular flexibility index (Phi) is 2.89. The van der Waals surface area contributed by atoms with Crippen LogP contribution in [-0.4, -0.2) is 19.2 Å². The minimum Gasteiger partial charge on any atom is -0.434 e. The van der Waals surface area contributed by atoms with Crippen molar-refractivity contribution in [1.29, 1.82) is 0 Å². The van der Waals surface area contributed by atoms with Gasteiger partial charge in [0.1, 0.15) is 5.75 Å². The van der Waals surface area contributed by atoms with Crippen molar-refractivity contribution in [2.24, 2.45) is 0 Å². The van der Waals surface area contributed by atoms with Gasteiger partial charge in [0.25, 0.3) is 0 Å². The summed E-state index contributed by atoms with van der Waals surface area (Å²) >= 11 is 0. The highest BCUT2D eigenvalue weighted by molar-refractivity contribution is 5.77. The summed E-state index contributed by atoms with van der Waals surface area (Å²) in [5, 5.41) is 5.16. The first kappa shape index (κ1) is 10.7. The standard InChI is InChI=1S/C10H10F2N2O2/c11-9(12)16-8-4-2-1-3-6(8)7-5-13-10(15)14-7/h1-4,7,9H,5H2,(H2,13,14,15)/t7-/m0/s1. The molecule has 0 unspecified atom stereocenters. The number of halogens is 2. The van der Waals surface area contributed by atoms with Crippen LogP contribution >= 0.6 is 0 Å². The van der Waals surface area contributed by atoms with Gasteiger partial charge in [0, 0.05) is 12.1 Å². The van der Waals surface area contributed by atoms with Gasteiger partial charge < -0.3 is 15.4 Å². The number of amides is 2. The topological polar surface area (TPSA) is 50.4 Å². The Balaban J connectivity index is 2.22. The average Bonchev–Trinajstić information content (AvgIpc) is 2.65. The molecule has 0 radical (unpaired) electrons. The van der Waals surface area contributed by atoms with Crippen LogP contribution in [0.15, 0.2) is 24.3 Å². The van der Waals surface area contributed by atoms with Gasteiger partial charge in [-0.2, -0.15) is 8.78 Å². The zero-order valence-electron chi connectivity index (χ0n) is 8.24. The SMILES string of the molecule is O=C1NC[C@@H](c2ccccc2OC(F)F)N1. The van der Waals surface area contributed by atoms with Gasteiger partial charge in [0.15, 0.2) is 0 Å². The lowest BCUT2D eigenvalue weighted by atomic mass is 10.1. The zero-order valence-corrected chi connectivity index (χ0v) is 8.24. The molecule has 0 aliphatic carbocycles. The lowest BCUT2D eigenvalue weighted by Gasteiger charge is -2.14. The summed E-state index contributed by atoms with van der Waals surface area (Å²) in [6.07, 6.45) is 0. The molecular weight excluding hydrogens is 218 g/mol. The van der Waals surface area contributed by atoms with Crippen LogP contribution in [0.4, 0.5) is 13.6 Å². The van der Waals surface area contributed by atoms with Crippen LogP contribution in [0.3, 0.4) is 0 Å². The van der Waals surface area contributed by atoms with Gasteiger partial charge in [-0.05, 0) is 6.07 Å². The van der Waals surface area contributed by atoms with Crippen LogP contribution in [0, 0.1) is 0 Å². The number of rotatable bonds is 3. The fourth-order valence-corrected chi connectivity index (χ4v) is 1.61. The molecule has 1 aromatic carbocycles. The molecule has 1 aliphatic heterocycles. The molecule has 2 N–H and O–H groups in total. The highest BCUT2D eigenvalue weighted by atomic mass is 19.3. The molecule has 0 bridgehead atoms. The quantitative estimate of drug-likeness (QED) is 0.826. The molecule has 1 aliphatic rings. The average molecular weight is 228 g/mol. The van der Waals surface area contributed by atoms with Crippen molar-refractivity contribution in [1.82, 2.24) is 10.6 Å². The number of carbonyl (C=O) groups excluding carboxylic acids is 1. The molecule has 2 amide bonds. The van der Waals surface area contributed by atoms with Crippen LogP contribution < -0.4 is 15.4 Å². The van der Waals surface area contributed by atoms with E-state index in [1.165, 1.54) is 6.07 Å². The van der Waals surface area contributed by atoms with E-state index in [9.17, 15) is 13.6 Å². The summed E-state index contributed by atoms with van der Waals surface area (Å²) < 4.78 is 28.7. The third-order valence-electron chi connectivity index (χ3n) is 2.28. The molecule has 1 saturated heterocycles. The molecule has 2 rings (SSSR count). The van der Waals surface area contributed by atoms with Crippen LogP contribution in [-0.2, 0) is 0 Å². The number of para-hydroxylation sites is 1. The molecule has 6 heteroatoms. The molecule has 1 aromatic rings. The fourth-order valence-electron chi connectivity index (χ4n) is 1.61. The van der Waals surface area contributed by atoms with Gasteiger partial charge in [-0.15, -0.1) is 0 Å². The van der Waals surface area contributed by atoms with E-state index in [4.69, 9.17) is 0 Å². The van der Waals surface area contributed by atoms with Crippen molar-refractivity contribution in [3.63, 3.8) is 0 Å². The number of ether oxygens (including phenoxy) is 1. The largest absolute Gasteiger partial charge is 0.434 e. The Hall–Kier alpha value is -1.85. The number of urea groups is 1. The maximum absolute atomic E-state index is 12.1. The molecule has 16 heavy (non-hydrogen) atoms. The summed E-state index contributed by atoms with van der Waals surface area (Å²) in [6, 6.07) is 5.77. The van der Waals surface area contributed by atoms with Gasteiger partial charge in [-0.3, -0.25) is 0 Å². The highest BCUT2D eigenvalue weighted by Gasteiger charge is 2.24. The normalized spacial score (nSPS) is 19.4. The van der Waals surface area contributed by atoms with E-state index in [2.05, 4.69) is 15.4 Å². The van der Waals surface area contributed by atoms with E-state index in [0.29, 0.717) is 12.1 Å². The van der Waals surface area contributed by atoms with Crippen LogP contribution in [0.25, 0.3) is 0 Å². The number of benzene rings is 1. The third kappa shape index (κ3) is 2.21. The number of alkyl halides is 2. The van der Waals surface area contributed by atoms with Crippen LogP contribution in [0.2, 0.25) is 0 Å². The first-order valence-corrected chi connectivity index (χ1v) is 4.75. The minimum atomic E-state index is -2.87. The second-order valence-corrected chi connectivity index (χ2v) is 3.32. The molecule has 1 atom stereocenters. The Labute approximate surface area is 90.6 Å².